The predicted octanol–water partition coefficient (Wildman–Crippen LogP) is 5.04. The van der Waals surface area contributed by atoms with Crippen LogP contribution in [0.4, 0.5) is 0 Å². The minimum atomic E-state index is -0.147. The smallest absolute Gasteiger partial charge is 0.242 e. The number of ether oxygens (including phenoxy) is 1. The molecule has 2 heterocycles. The zero-order chi connectivity index (χ0) is 24.2. The Morgan fingerprint density at radius 3 is 2.57 bits per heavy atom. The lowest BCUT2D eigenvalue weighted by Crippen LogP contribution is -2.48. The molecule has 0 bridgehead atoms. The number of fused-ring (bicyclic) bond motifs is 1. The molecule has 1 saturated carbocycles. The Balaban J connectivity index is 1.30. The van der Waals surface area contributed by atoms with E-state index in [1.165, 1.54) is 16.0 Å². The van der Waals surface area contributed by atoms with Gasteiger partial charge in [0, 0.05) is 18.0 Å². The lowest BCUT2D eigenvalue weighted by molar-refractivity contribution is -0.142. The average Bonchev–Trinajstić information content (AvgIpc) is 3.56. The Bertz CT molecular complexity index is 1150. The fraction of sp³-hybridized carbons (Fsp3) is 0.379. The number of rotatable bonds is 9. The van der Waals surface area contributed by atoms with Crippen molar-refractivity contribution in [2.45, 2.75) is 38.6 Å². The van der Waals surface area contributed by atoms with E-state index in [1.54, 1.807) is 16.2 Å². The molecule has 5 nitrogen and oxygen atoms in total. The van der Waals surface area contributed by atoms with Crippen LogP contribution in [0, 0.1) is 12.8 Å². The highest BCUT2D eigenvalue weighted by Crippen LogP contribution is 2.34. The summed E-state index contributed by atoms with van der Waals surface area (Å²) in [5.41, 5.74) is 3.34. The molecular formula is C29H32N2O3S. The van der Waals surface area contributed by atoms with Gasteiger partial charge in [-0.15, -0.1) is 11.3 Å². The maximum absolute atomic E-state index is 13.6. The summed E-state index contributed by atoms with van der Waals surface area (Å²) in [6.45, 7) is 3.90. The van der Waals surface area contributed by atoms with E-state index >= 15 is 0 Å². The van der Waals surface area contributed by atoms with Gasteiger partial charge in [0.25, 0.3) is 0 Å². The van der Waals surface area contributed by atoms with E-state index in [2.05, 4.69) is 18.4 Å². The molecule has 1 aliphatic carbocycles. The molecule has 0 saturated heterocycles. The summed E-state index contributed by atoms with van der Waals surface area (Å²) >= 11 is 1.75. The van der Waals surface area contributed by atoms with Crippen molar-refractivity contribution in [3.63, 3.8) is 0 Å². The monoisotopic (exact) mass is 488 g/mol. The molecule has 0 unspecified atom stereocenters. The van der Waals surface area contributed by atoms with Gasteiger partial charge in [0.1, 0.15) is 12.4 Å². The molecule has 0 spiro atoms. The Morgan fingerprint density at radius 2 is 1.83 bits per heavy atom. The predicted molar refractivity (Wildman–Crippen MR) is 139 cm³/mol. The topological polar surface area (TPSA) is 49.9 Å². The average molecular weight is 489 g/mol. The van der Waals surface area contributed by atoms with E-state index in [1.807, 2.05) is 59.5 Å². The molecule has 35 heavy (non-hydrogen) atoms. The van der Waals surface area contributed by atoms with E-state index in [4.69, 9.17) is 4.74 Å². The molecule has 1 aromatic heterocycles. The van der Waals surface area contributed by atoms with Crippen LogP contribution in [0.2, 0.25) is 0 Å². The van der Waals surface area contributed by atoms with Crippen LogP contribution in [0.15, 0.2) is 66.0 Å². The van der Waals surface area contributed by atoms with Crippen LogP contribution in [-0.2, 0) is 22.4 Å². The van der Waals surface area contributed by atoms with Gasteiger partial charge in [-0.05, 0) is 66.8 Å². The Morgan fingerprint density at radius 1 is 1.06 bits per heavy atom. The van der Waals surface area contributed by atoms with Crippen molar-refractivity contribution < 1.29 is 14.3 Å². The molecule has 0 radical (unpaired) electrons. The van der Waals surface area contributed by atoms with Crippen molar-refractivity contribution in [1.82, 2.24) is 9.80 Å². The summed E-state index contributed by atoms with van der Waals surface area (Å²) in [7, 11) is 0. The van der Waals surface area contributed by atoms with Gasteiger partial charge in [-0.25, -0.2) is 0 Å². The largest absolute Gasteiger partial charge is 0.491 e. The Kier molecular flexibility index (Phi) is 7.19. The van der Waals surface area contributed by atoms with Crippen molar-refractivity contribution in [2.24, 2.45) is 5.92 Å². The SMILES string of the molecule is Cc1ccc(OC[C@@H]2c3ccsc3CCN2C(=O)CN(CC2CC2)C(=O)Cc2ccccc2)cc1. The maximum atomic E-state index is 13.6. The zero-order valence-corrected chi connectivity index (χ0v) is 21.0. The molecule has 1 fully saturated rings. The van der Waals surface area contributed by atoms with E-state index in [9.17, 15) is 9.59 Å². The van der Waals surface area contributed by atoms with Gasteiger partial charge >= 0.3 is 0 Å². The number of hydrogen-bond donors (Lipinski definition) is 0. The molecular weight excluding hydrogens is 456 g/mol. The van der Waals surface area contributed by atoms with Crippen molar-refractivity contribution in [2.75, 3.05) is 26.2 Å². The third-order valence-corrected chi connectivity index (χ3v) is 7.89. The lowest BCUT2D eigenvalue weighted by atomic mass is 10.00. The standard InChI is InChI=1S/C29H32N2O3S/c1-21-7-11-24(12-8-21)34-20-26-25-14-16-35-27(25)13-15-31(26)29(33)19-30(18-23-9-10-23)28(32)17-22-5-3-2-4-6-22/h2-8,11-12,14,16,23,26H,9-10,13,15,17-20H2,1H3/t26-/m1/s1. The fourth-order valence-corrected chi connectivity index (χ4v) is 5.62. The zero-order valence-electron chi connectivity index (χ0n) is 20.2. The number of hydrogen-bond acceptors (Lipinski definition) is 4. The van der Waals surface area contributed by atoms with Gasteiger partial charge in [0.2, 0.25) is 11.8 Å². The van der Waals surface area contributed by atoms with Crippen LogP contribution < -0.4 is 4.74 Å². The molecule has 5 rings (SSSR count). The van der Waals surface area contributed by atoms with Gasteiger partial charge in [-0.1, -0.05) is 48.0 Å². The normalized spacial score (nSPS) is 17.1. The molecule has 3 aromatic rings. The van der Waals surface area contributed by atoms with Gasteiger partial charge in [0.15, 0.2) is 0 Å². The van der Waals surface area contributed by atoms with Crippen LogP contribution in [0.1, 0.15) is 40.5 Å². The first-order valence-electron chi connectivity index (χ1n) is 12.4. The highest BCUT2D eigenvalue weighted by atomic mass is 32.1. The third kappa shape index (κ3) is 5.93. The summed E-state index contributed by atoms with van der Waals surface area (Å²) in [5, 5.41) is 2.10. The number of carbonyl (C=O) groups is 2. The van der Waals surface area contributed by atoms with Crippen LogP contribution in [0.5, 0.6) is 5.75 Å². The second-order valence-electron chi connectivity index (χ2n) is 9.66. The summed E-state index contributed by atoms with van der Waals surface area (Å²) in [4.78, 5) is 31.9. The lowest BCUT2D eigenvalue weighted by Gasteiger charge is -2.37. The molecule has 0 N–H and O–H groups in total. The van der Waals surface area contributed by atoms with Crippen molar-refractivity contribution in [3.05, 3.63) is 87.6 Å². The van der Waals surface area contributed by atoms with E-state index in [-0.39, 0.29) is 24.4 Å². The molecule has 2 amide bonds. The van der Waals surface area contributed by atoms with Gasteiger partial charge in [-0.2, -0.15) is 0 Å². The first-order chi connectivity index (χ1) is 17.1. The number of benzene rings is 2. The highest BCUT2D eigenvalue weighted by Gasteiger charge is 2.35. The number of nitrogens with zero attached hydrogens (tertiary/aromatic N) is 2. The van der Waals surface area contributed by atoms with E-state index in [0.29, 0.717) is 32.0 Å². The van der Waals surface area contributed by atoms with Crippen molar-refractivity contribution in [1.29, 1.82) is 0 Å². The van der Waals surface area contributed by atoms with Crippen LogP contribution in [0.3, 0.4) is 0 Å². The Labute approximate surface area is 211 Å². The van der Waals surface area contributed by atoms with E-state index < -0.39 is 0 Å². The second-order valence-corrected chi connectivity index (χ2v) is 10.7. The second kappa shape index (κ2) is 10.6. The molecule has 2 aromatic carbocycles. The number of amides is 2. The van der Waals surface area contributed by atoms with Crippen LogP contribution in [0.25, 0.3) is 0 Å². The van der Waals surface area contributed by atoms with Gasteiger partial charge in [0.05, 0.1) is 19.0 Å². The van der Waals surface area contributed by atoms with Crippen molar-refractivity contribution >= 4 is 23.2 Å². The third-order valence-electron chi connectivity index (χ3n) is 6.90. The first-order valence-corrected chi connectivity index (χ1v) is 13.3. The molecule has 6 heteroatoms. The van der Waals surface area contributed by atoms with E-state index in [0.717, 1.165) is 30.6 Å². The number of aryl methyl sites for hydroxylation is 1. The van der Waals surface area contributed by atoms with Gasteiger partial charge < -0.3 is 14.5 Å². The molecule has 1 atom stereocenters. The molecule has 2 aliphatic rings. The number of carbonyl (C=O) groups excluding carboxylic acids is 2. The van der Waals surface area contributed by atoms with Crippen LogP contribution in [-0.4, -0.2) is 47.9 Å². The summed E-state index contributed by atoms with van der Waals surface area (Å²) in [6, 6.07) is 19.8. The minimum absolute atomic E-state index is 0.00131. The minimum Gasteiger partial charge on any atom is -0.491 e. The first kappa shape index (κ1) is 23.6. The highest BCUT2D eigenvalue weighted by molar-refractivity contribution is 7.10. The number of thiophene rings is 1. The summed E-state index contributed by atoms with van der Waals surface area (Å²) in [6.07, 6.45) is 3.45. The Hall–Kier alpha value is -3.12. The van der Waals surface area contributed by atoms with Crippen molar-refractivity contribution in [3.8, 4) is 5.75 Å². The molecule has 182 valence electrons. The summed E-state index contributed by atoms with van der Waals surface area (Å²) < 4.78 is 6.14. The maximum Gasteiger partial charge on any atom is 0.242 e. The quantitative estimate of drug-likeness (QED) is 0.424. The molecule has 1 aliphatic heterocycles. The summed E-state index contributed by atoms with van der Waals surface area (Å²) in [5.74, 6) is 1.35. The van der Waals surface area contributed by atoms with Crippen LogP contribution >= 0.6 is 11.3 Å². The fourth-order valence-electron chi connectivity index (χ4n) is 4.69. The van der Waals surface area contributed by atoms with Gasteiger partial charge in [-0.3, -0.25) is 9.59 Å².